The summed E-state index contributed by atoms with van der Waals surface area (Å²) in [5.74, 6) is -1.45. The molecule has 1 aromatic carbocycles. The second-order valence-electron chi connectivity index (χ2n) is 3.92. The highest BCUT2D eigenvalue weighted by Gasteiger charge is 2.14. The van der Waals surface area contributed by atoms with E-state index in [1.807, 2.05) is 0 Å². The summed E-state index contributed by atoms with van der Waals surface area (Å²) in [5, 5.41) is 12.4. The van der Waals surface area contributed by atoms with Gasteiger partial charge in [-0.05, 0) is 31.2 Å². The van der Waals surface area contributed by atoms with Crippen LogP contribution in [0, 0.1) is 11.3 Å². The van der Waals surface area contributed by atoms with Gasteiger partial charge in [-0.1, -0.05) is 0 Å². The molecule has 0 fully saturated rings. The molecule has 0 atom stereocenters. The van der Waals surface area contributed by atoms with Gasteiger partial charge in [0.05, 0.1) is 17.2 Å². The van der Waals surface area contributed by atoms with E-state index < -0.39 is 27.7 Å². The third kappa shape index (κ3) is 5.29. The summed E-state index contributed by atoms with van der Waals surface area (Å²) in [5.41, 5.74) is 12.4. The Morgan fingerprint density at radius 1 is 1.35 bits per heavy atom. The van der Waals surface area contributed by atoms with Gasteiger partial charge in [-0.3, -0.25) is 5.43 Å². The van der Waals surface area contributed by atoms with Crippen LogP contribution >= 0.6 is 0 Å². The van der Waals surface area contributed by atoms with Crippen molar-refractivity contribution in [2.24, 2.45) is 21.0 Å². The molecule has 0 aliphatic heterocycles. The molecule has 0 spiro atoms. The minimum Gasteiger partial charge on any atom is -0.461 e. The zero-order valence-corrected chi connectivity index (χ0v) is 12.9. The fraction of sp³-hybridized carbons (Fsp3) is 0.167. The number of rotatable bonds is 6. The Balaban J connectivity index is 2.92. The topological polar surface area (TPSA) is 173 Å². The number of hydrogen-bond acceptors (Lipinski definition) is 7. The molecule has 23 heavy (non-hydrogen) atoms. The molecule has 0 saturated carbocycles. The molecule has 0 unspecified atom stereocenters. The molecule has 0 amide bonds. The van der Waals surface area contributed by atoms with Crippen LogP contribution in [0.3, 0.4) is 0 Å². The summed E-state index contributed by atoms with van der Waals surface area (Å²) in [4.78, 5) is 11.2. The molecule has 1 aromatic rings. The SMILES string of the molecule is CCOC(=O)/C(C#N)=N/Nc1ccc(S(=O)(=O)N=C(N)N)cc1. The molecule has 122 valence electrons. The van der Waals surface area contributed by atoms with Crippen molar-refractivity contribution in [1.29, 1.82) is 5.26 Å². The molecule has 0 bridgehead atoms. The van der Waals surface area contributed by atoms with Crippen LogP contribution < -0.4 is 16.9 Å². The van der Waals surface area contributed by atoms with E-state index in [-0.39, 0.29) is 11.5 Å². The quantitative estimate of drug-likeness (QED) is 0.269. The van der Waals surface area contributed by atoms with E-state index in [0.717, 1.165) is 0 Å². The van der Waals surface area contributed by atoms with Crippen LogP contribution in [-0.2, 0) is 19.6 Å². The van der Waals surface area contributed by atoms with Crippen molar-refractivity contribution in [3.63, 3.8) is 0 Å². The van der Waals surface area contributed by atoms with E-state index in [2.05, 4.69) is 19.7 Å². The van der Waals surface area contributed by atoms with E-state index in [9.17, 15) is 13.2 Å². The lowest BCUT2D eigenvalue weighted by atomic mass is 10.3. The first-order valence-corrected chi connectivity index (χ1v) is 7.61. The maximum atomic E-state index is 11.7. The first-order chi connectivity index (χ1) is 10.8. The fourth-order valence-corrected chi connectivity index (χ4v) is 2.19. The second-order valence-corrected chi connectivity index (χ2v) is 5.52. The first-order valence-electron chi connectivity index (χ1n) is 6.17. The molecular weight excluding hydrogens is 324 g/mol. The van der Waals surface area contributed by atoms with E-state index in [0.29, 0.717) is 5.69 Å². The lowest BCUT2D eigenvalue weighted by Gasteiger charge is -2.03. The highest BCUT2D eigenvalue weighted by atomic mass is 32.2. The molecule has 0 saturated heterocycles. The Labute approximate surface area is 132 Å². The molecule has 1 rings (SSSR count). The largest absolute Gasteiger partial charge is 0.461 e. The van der Waals surface area contributed by atoms with E-state index in [1.165, 1.54) is 24.3 Å². The molecule has 0 heterocycles. The Hall–Kier alpha value is -3.13. The van der Waals surface area contributed by atoms with Crippen LogP contribution in [0.1, 0.15) is 6.92 Å². The average molecular weight is 338 g/mol. The van der Waals surface area contributed by atoms with E-state index in [1.54, 1.807) is 13.0 Å². The number of nitrogens with zero attached hydrogens (tertiary/aromatic N) is 3. The van der Waals surface area contributed by atoms with Gasteiger partial charge in [0.1, 0.15) is 6.07 Å². The van der Waals surface area contributed by atoms with Gasteiger partial charge in [0, 0.05) is 0 Å². The van der Waals surface area contributed by atoms with Crippen LogP contribution in [0.4, 0.5) is 5.69 Å². The molecular formula is C12H14N6O4S. The summed E-state index contributed by atoms with van der Waals surface area (Å²) in [6.45, 7) is 1.70. The van der Waals surface area contributed by atoms with Crippen LogP contribution in [0.25, 0.3) is 0 Å². The number of nitrogens with two attached hydrogens (primary N) is 2. The lowest BCUT2D eigenvalue weighted by Crippen LogP contribution is -2.24. The van der Waals surface area contributed by atoms with E-state index >= 15 is 0 Å². The minimum atomic E-state index is -3.99. The van der Waals surface area contributed by atoms with Gasteiger partial charge in [0.15, 0.2) is 0 Å². The summed E-state index contributed by atoms with van der Waals surface area (Å²) in [6, 6.07) is 6.77. The number of ether oxygens (including phenoxy) is 1. The molecule has 0 aliphatic carbocycles. The third-order valence-electron chi connectivity index (χ3n) is 2.25. The standard InChI is InChI=1S/C12H14N6O4S/c1-2-22-11(19)10(7-13)17-16-8-3-5-9(6-4-8)23(20,21)18-12(14)15/h3-6,16H,2H2,1H3,(H4,14,15,18)/b17-10+. The van der Waals surface area contributed by atoms with Gasteiger partial charge in [-0.25, -0.2) is 4.79 Å². The molecule has 0 radical (unpaired) electrons. The number of anilines is 1. The monoisotopic (exact) mass is 338 g/mol. The lowest BCUT2D eigenvalue weighted by molar-refractivity contribution is -0.134. The van der Waals surface area contributed by atoms with Gasteiger partial charge >= 0.3 is 5.97 Å². The number of guanidine groups is 1. The van der Waals surface area contributed by atoms with E-state index in [4.69, 9.17) is 16.7 Å². The average Bonchev–Trinajstić information content (AvgIpc) is 2.47. The predicted molar refractivity (Wildman–Crippen MR) is 82.7 cm³/mol. The Morgan fingerprint density at radius 2 is 1.96 bits per heavy atom. The molecule has 11 heteroatoms. The number of carbonyl (C=O) groups excluding carboxylic acids is 1. The molecule has 0 aromatic heterocycles. The summed E-state index contributed by atoms with van der Waals surface area (Å²) in [7, 11) is -3.99. The Kier molecular flexibility index (Phi) is 6.04. The third-order valence-corrected chi connectivity index (χ3v) is 3.57. The second kappa shape index (κ2) is 7.76. The normalized spacial score (nSPS) is 11.2. The Morgan fingerprint density at radius 3 is 2.43 bits per heavy atom. The van der Waals surface area contributed by atoms with Crippen molar-refractivity contribution in [1.82, 2.24) is 0 Å². The minimum absolute atomic E-state index is 0.108. The summed E-state index contributed by atoms with van der Waals surface area (Å²) in [6.07, 6.45) is 0. The van der Waals surface area contributed by atoms with Crippen LogP contribution in [0.15, 0.2) is 38.7 Å². The first kappa shape index (κ1) is 17.9. The number of sulfonamides is 1. The van der Waals surface area contributed by atoms with Gasteiger partial charge < -0.3 is 16.2 Å². The van der Waals surface area contributed by atoms with Crippen LogP contribution in [0.5, 0.6) is 0 Å². The highest BCUT2D eigenvalue weighted by molar-refractivity contribution is 7.90. The zero-order valence-electron chi connectivity index (χ0n) is 12.1. The number of hydrogen-bond donors (Lipinski definition) is 3. The zero-order chi connectivity index (χ0) is 17.5. The highest BCUT2D eigenvalue weighted by Crippen LogP contribution is 2.16. The number of nitriles is 1. The van der Waals surface area contributed by atoms with Crippen molar-refractivity contribution < 1.29 is 17.9 Å². The van der Waals surface area contributed by atoms with Crippen molar-refractivity contribution in [2.75, 3.05) is 12.0 Å². The summed E-state index contributed by atoms with van der Waals surface area (Å²) >= 11 is 0. The number of hydrazone groups is 1. The van der Waals surface area contributed by atoms with Crippen LogP contribution in [-0.4, -0.2) is 32.7 Å². The molecule has 0 aliphatic rings. The van der Waals surface area contributed by atoms with Crippen molar-refractivity contribution in [2.45, 2.75) is 11.8 Å². The van der Waals surface area contributed by atoms with Gasteiger partial charge in [0.25, 0.3) is 10.0 Å². The number of esters is 1. The molecule has 5 N–H and O–H groups in total. The molecule has 10 nitrogen and oxygen atoms in total. The Bertz CT molecular complexity index is 773. The summed E-state index contributed by atoms with van der Waals surface area (Å²) < 4.78 is 31.2. The van der Waals surface area contributed by atoms with Gasteiger partial charge in [-0.2, -0.15) is 18.8 Å². The maximum Gasteiger partial charge on any atom is 0.369 e. The van der Waals surface area contributed by atoms with Gasteiger partial charge in [-0.15, -0.1) is 4.40 Å². The van der Waals surface area contributed by atoms with Crippen molar-refractivity contribution in [3.05, 3.63) is 24.3 Å². The predicted octanol–water partition coefficient (Wildman–Crippen LogP) is -0.497. The van der Waals surface area contributed by atoms with Crippen molar-refractivity contribution in [3.8, 4) is 6.07 Å². The fourth-order valence-electron chi connectivity index (χ4n) is 1.33. The number of benzene rings is 1. The maximum absolute atomic E-state index is 11.7. The number of nitrogens with one attached hydrogen (secondary N) is 1. The number of carbonyl (C=O) groups is 1. The van der Waals surface area contributed by atoms with Gasteiger partial charge in [0.2, 0.25) is 11.7 Å². The van der Waals surface area contributed by atoms with Crippen LogP contribution in [0.2, 0.25) is 0 Å². The van der Waals surface area contributed by atoms with Crippen molar-refractivity contribution >= 4 is 33.4 Å². The smallest absolute Gasteiger partial charge is 0.369 e.